The number of aromatic nitrogens is 4. The van der Waals surface area contributed by atoms with Crippen LogP contribution in [0.3, 0.4) is 0 Å². The smallest absolute Gasteiger partial charge is 0.268 e. The fourth-order valence-corrected chi connectivity index (χ4v) is 5.68. The van der Waals surface area contributed by atoms with Crippen LogP contribution >= 0.6 is 0 Å². The first-order chi connectivity index (χ1) is 18.1. The minimum Gasteiger partial charge on any atom is -0.383 e. The van der Waals surface area contributed by atoms with Gasteiger partial charge in [-0.2, -0.15) is 5.10 Å². The molecule has 1 fully saturated rings. The molecule has 1 amide bonds. The zero-order chi connectivity index (χ0) is 27.1. The van der Waals surface area contributed by atoms with E-state index in [1.165, 1.54) is 18.3 Å². The molecule has 0 bridgehead atoms. The monoisotopic (exact) mass is 531 g/mol. The number of nitrogen functional groups attached to an aromatic ring is 1. The van der Waals surface area contributed by atoms with E-state index >= 15 is 0 Å². The predicted octanol–water partition coefficient (Wildman–Crippen LogP) is 3.66. The van der Waals surface area contributed by atoms with Gasteiger partial charge in [0, 0.05) is 30.0 Å². The molecule has 1 atom stereocenters. The number of pyridine rings is 2. The maximum atomic E-state index is 13.4. The van der Waals surface area contributed by atoms with Crippen molar-refractivity contribution in [3.63, 3.8) is 0 Å². The average molecular weight is 532 g/mol. The van der Waals surface area contributed by atoms with E-state index in [1.54, 1.807) is 16.8 Å². The second-order valence-electron chi connectivity index (χ2n) is 9.87. The number of hydrogen-bond donors (Lipinski definition) is 2. The summed E-state index contributed by atoms with van der Waals surface area (Å²) in [4.78, 5) is 23.9. The molecule has 196 valence electrons. The fraction of sp³-hybridized carbons (Fsp3) is 0.259. The van der Waals surface area contributed by atoms with Gasteiger partial charge < -0.3 is 10.6 Å². The third kappa shape index (κ3) is 4.60. The van der Waals surface area contributed by atoms with Gasteiger partial charge in [-0.25, -0.2) is 27.8 Å². The van der Waals surface area contributed by atoms with Crippen molar-refractivity contribution < 1.29 is 13.2 Å². The maximum Gasteiger partial charge on any atom is 0.268 e. The van der Waals surface area contributed by atoms with Crippen molar-refractivity contribution in [2.75, 3.05) is 17.2 Å². The van der Waals surface area contributed by atoms with Crippen molar-refractivity contribution >= 4 is 27.6 Å². The summed E-state index contributed by atoms with van der Waals surface area (Å²) in [6.07, 6.45) is 4.10. The lowest BCUT2D eigenvalue weighted by molar-refractivity contribution is 0.0981. The lowest BCUT2D eigenvalue weighted by Gasteiger charge is -2.36. The van der Waals surface area contributed by atoms with Crippen LogP contribution in [0, 0.1) is 5.92 Å². The van der Waals surface area contributed by atoms with E-state index in [2.05, 4.69) is 40.5 Å². The van der Waals surface area contributed by atoms with E-state index in [1.807, 2.05) is 42.6 Å². The van der Waals surface area contributed by atoms with Crippen molar-refractivity contribution in [3.05, 3.63) is 78.6 Å². The minimum absolute atomic E-state index is 0.136. The van der Waals surface area contributed by atoms with Crippen molar-refractivity contribution in [1.29, 1.82) is 0 Å². The highest BCUT2D eigenvalue weighted by atomic mass is 32.2. The molecule has 1 aliphatic rings. The molecule has 1 saturated heterocycles. The number of nitrogens with one attached hydrogen (secondary N) is 1. The number of benzene rings is 1. The van der Waals surface area contributed by atoms with Gasteiger partial charge in [0.25, 0.3) is 15.9 Å². The number of carbonyl (C=O) groups excluding carboxylic acids is 1. The van der Waals surface area contributed by atoms with Gasteiger partial charge in [0.2, 0.25) is 0 Å². The lowest BCUT2D eigenvalue weighted by atomic mass is 9.90. The highest BCUT2D eigenvalue weighted by Crippen LogP contribution is 2.39. The van der Waals surface area contributed by atoms with Gasteiger partial charge in [-0.1, -0.05) is 37.3 Å². The van der Waals surface area contributed by atoms with Crippen LogP contribution in [0.4, 0.5) is 11.6 Å². The van der Waals surface area contributed by atoms with Crippen molar-refractivity contribution in [2.24, 2.45) is 5.92 Å². The Hall–Kier alpha value is -4.25. The quantitative estimate of drug-likeness (QED) is 0.385. The topological polar surface area (TPSA) is 136 Å². The number of anilines is 2. The van der Waals surface area contributed by atoms with Gasteiger partial charge >= 0.3 is 0 Å². The van der Waals surface area contributed by atoms with Gasteiger partial charge in [0.1, 0.15) is 16.5 Å². The number of nitrogens with two attached hydrogens (primary N) is 1. The Morgan fingerprint density at radius 1 is 1.08 bits per heavy atom. The zero-order valence-electron chi connectivity index (χ0n) is 21.4. The largest absolute Gasteiger partial charge is 0.383 e. The van der Waals surface area contributed by atoms with Gasteiger partial charge in [-0.3, -0.25) is 4.79 Å². The second-order valence-corrected chi connectivity index (χ2v) is 11.5. The van der Waals surface area contributed by atoms with Crippen LogP contribution in [0.15, 0.2) is 78.0 Å². The lowest BCUT2D eigenvalue weighted by Crippen LogP contribution is -2.44. The van der Waals surface area contributed by atoms with Crippen LogP contribution in [0.5, 0.6) is 0 Å². The van der Waals surface area contributed by atoms with Crippen LogP contribution in [0.2, 0.25) is 0 Å². The van der Waals surface area contributed by atoms with E-state index in [0.29, 0.717) is 24.1 Å². The fourth-order valence-electron chi connectivity index (χ4n) is 4.63. The molecule has 1 aromatic carbocycles. The molecule has 3 N–H and O–H groups in total. The molecule has 11 heteroatoms. The first-order valence-corrected chi connectivity index (χ1v) is 13.7. The molecule has 4 heterocycles. The molecule has 1 aliphatic heterocycles. The zero-order valence-corrected chi connectivity index (χ0v) is 22.2. The van der Waals surface area contributed by atoms with Crippen molar-refractivity contribution in [1.82, 2.24) is 24.5 Å². The highest BCUT2D eigenvalue weighted by molar-refractivity contribution is 7.90. The molecule has 0 aliphatic carbocycles. The molecule has 10 nitrogen and oxygen atoms in total. The molecule has 4 aromatic rings. The molecular weight excluding hydrogens is 502 g/mol. The van der Waals surface area contributed by atoms with Gasteiger partial charge in [0.05, 0.1) is 11.3 Å². The van der Waals surface area contributed by atoms with E-state index in [9.17, 15) is 13.2 Å². The maximum absolute atomic E-state index is 13.4. The molecule has 0 saturated carbocycles. The number of rotatable bonds is 6. The SMILES string of the molecule is CC1CCN(c2nc(-n3ccc(-c4ccccc4)n3)ccc2C(=O)NS(=O)(=O)c2cccnc2N)C1(C)C. The van der Waals surface area contributed by atoms with Gasteiger partial charge in [-0.05, 0) is 56.5 Å². The second kappa shape index (κ2) is 9.56. The summed E-state index contributed by atoms with van der Waals surface area (Å²) in [6.45, 7) is 7.00. The summed E-state index contributed by atoms with van der Waals surface area (Å²) in [5.74, 6) is 0.234. The standard InChI is InChI=1S/C27H29N7O3S/c1-18-13-16-33(27(18,2)3)25-20(26(35)32-38(36,37)22-10-7-15-29-24(22)28)11-12-23(30-25)34-17-14-21(31-34)19-8-5-4-6-9-19/h4-12,14-15,17-18H,13,16H2,1-3H3,(H2,28,29)(H,32,35). The molecular formula is C27H29N7O3S. The van der Waals surface area contributed by atoms with Crippen LogP contribution in [-0.2, 0) is 10.0 Å². The number of carbonyl (C=O) groups is 1. The minimum atomic E-state index is -4.26. The number of hydrogen-bond acceptors (Lipinski definition) is 8. The number of nitrogens with zero attached hydrogens (tertiary/aromatic N) is 5. The summed E-state index contributed by atoms with van der Waals surface area (Å²) in [7, 11) is -4.26. The number of amides is 1. The van der Waals surface area contributed by atoms with E-state index in [-0.39, 0.29) is 21.8 Å². The van der Waals surface area contributed by atoms with Gasteiger partial charge in [-0.15, -0.1) is 0 Å². The third-order valence-corrected chi connectivity index (χ3v) is 8.64. The Morgan fingerprint density at radius 3 is 2.53 bits per heavy atom. The Kier molecular flexibility index (Phi) is 6.39. The summed E-state index contributed by atoms with van der Waals surface area (Å²) in [5, 5.41) is 4.67. The highest BCUT2D eigenvalue weighted by Gasteiger charge is 2.41. The molecule has 3 aromatic heterocycles. The Morgan fingerprint density at radius 2 is 1.84 bits per heavy atom. The van der Waals surface area contributed by atoms with Crippen LogP contribution in [-0.4, -0.2) is 46.2 Å². The first kappa shape index (κ1) is 25.4. The van der Waals surface area contributed by atoms with Crippen LogP contribution in [0.1, 0.15) is 37.6 Å². The summed E-state index contributed by atoms with van der Waals surface area (Å²) >= 11 is 0. The van der Waals surface area contributed by atoms with E-state index < -0.39 is 15.9 Å². The molecule has 0 spiro atoms. The first-order valence-electron chi connectivity index (χ1n) is 12.3. The average Bonchev–Trinajstić information content (AvgIpc) is 3.49. The molecule has 38 heavy (non-hydrogen) atoms. The van der Waals surface area contributed by atoms with Gasteiger partial charge in [0.15, 0.2) is 5.82 Å². The molecule has 5 rings (SSSR count). The van der Waals surface area contributed by atoms with Crippen molar-refractivity contribution in [2.45, 2.75) is 37.6 Å². The predicted molar refractivity (Wildman–Crippen MR) is 145 cm³/mol. The van der Waals surface area contributed by atoms with Crippen LogP contribution in [0.25, 0.3) is 17.1 Å². The van der Waals surface area contributed by atoms with Crippen LogP contribution < -0.4 is 15.4 Å². The van der Waals surface area contributed by atoms with Crippen molar-refractivity contribution in [3.8, 4) is 17.1 Å². The Bertz CT molecular complexity index is 1600. The summed E-state index contributed by atoms with van der Waals surface area (Å²) in [6, 6.07) is 17.7. The number of sulfonamides is 1. The van der Waals surface area contributed by atoms with E-state index in [4.69, 9.17) is 10.7 Å². The molecule has 1 unspecified atom stereocenters. The Balaban J connectivity index is 1.55. The third-order valence-electron chi connectivity index (χ3n) is 7.26. The molecule has 0 radical (unpaired) electrons. The normalized spacial score (nSPS) is 16.9. The Labute approximate surface area is 221 Å². The van der Waals surface area contributed by atoms with E-state index in [0.717, 1.165) is 17.7 Å². The summed E-state index contributed by atoms with van der Waals surface area (Å²) in [5.41, 5.74) is 7.33. The summed E-state index contributed by atoms with van der Waals surface area (Å²) < 4.78 is 29.7.